The van der Waals surface area contributed by atoms with Gasteiger partial charge in [0.25, 0.3) is 0 Å². The molecular formula is C11H16FNO. The van der Waals surface area contributed by atoms with Crippen molar-refractivity contribution in [3.8, 4) is 5.75 Å². The lowest BCUT2D eigenvalue weighted by molar-refractivity contribution is 0.421. The third-order valence-corrected chi connectivity index (χ3v) is 1.92. The SMILES string of the molecule is Cc1cc(O)c(F)c(CC(C)(C)N)c1. The third-order valence-electron chi connectivity index (χ3n) is 1.92. The van der Waals surface area contributed by atoms with Crippen molar-refractivity contribution in [2.45, 2.75) is 32.7 Å². The monoisotopic (exact) mass is 197 g/mol. The number of phenols is 1. The summed E-state index contributed by atoms with van der Waals surface area (Å²) in [5.74, 6) is -0.863. The zero-order chi connectivity index (χ0) is 10.9. The van der Waals surface area contributed by atoms with Crippen molar-refractivity contribution in [3.05, 3.63) is 29.1 Å². The minimum absolute atomic E-state index is 0.302. The molecule has 0 aliphatic rings. The summed E-state index contributed by atoms with van der Waals surface area (Å²) < 4.78 is 13.4. The van der Waals surface area contributed by atoms with Crippen LogP contribution >= 0.6 is 0 Å². The Morgan fingerprint density at radius 2 is 2.00 bits per heavy atom. The molecule has 0 saturated heterocycles. The van der Waals surface area contributed by atoms with Crippen LogP contribution in [0.3, 0.4) is 0 Å². The van der Waals surface area contributed by atoms with Gasteiger partial charge < -0.3 is 10.8 Å². The smallest absolute Gasteiger partial charge is 0.168 e. The zero-order valence-electron chi connectivity index (χ0n) is 8.76. The van der Waals surface area contributed by atoms with Crippen molar-refractivity contribution in [2.24, 2.45) is 5.73 Å². The topological polar surface area (TPSA) is 46.2 Å². The molecule has 0 aliphatic carbocycles. The van der Waals surface area contributed by atoms with E-state index in [9.17, 15) is 9.50 Å². The molecule has 14 heavy (non-hydrogen) atoms. The molecule has 0 aromatic heterocycles. The van der Waals surface area contributed by atoms with Crippen molar-refractivity contribution in [1.82, 2.24) is 0 Å². The molecule has 0 radical (unpaired) electrons. The number of aryl methyl sites for hydroxylation is 1. The predicted molar refractivity (Wildman–Crippen MR) is 54.8 cm³/mol. The van der Waals surface area contributed by atoms with E-state index in [1.807, 2.05) is 20.8 Å². The highest BCUT2D eigenvalue weighted by molar-refractivity contribution is 5.35. The first-order valence-electron chi connectivity index (χ1n) is 4.56. The quantitative estimate of drug-likeness (QED) is 0.762. The summed E-state index contributed by atoms with van der Waals surface area (Å²) >= 11 is 0. The molecule has 3 N–H and O–H groups in total. The summed E-state index contributed by atoms with van der Waals surface area (Å²) in [6, 6.07) is 3.12. The van der Waals surface area contributed by atoms with Crippen molar-refractivity contribution in [1.29, 1.82) is 0 Å². The summed E-state index contributed by atoms with van der Waals surface area (Å²) in [4.78, 5) is 0. The van der Waals surface area contributed by atoms with Gasteiger partial charge in [0.1, 0.15) is 0 Å². The summed E-state index contributed by atoms with van der Waals surface area (Å²) in [5.41, 5.74) is 6.62. The molecule has 0 spiro atoms. The normalized spacial score (nSPS) is 11.8. The lowest BCUT2D eigenvalue weighted by Crippen LogP contribution is -2.34. The molecule has 0 saturated carbocycles. The van der Waals surface area contributed by atoms with Gasteiger partial charge in [-0.25, -0.2) is 4.39 Å². The largest absolute Gasteiger partial charge is 0.505 e. The van der Waals surface area contributed by atoms with Crippen LogP contribution in [0.1, 0.15) is 25.0 Å². The van der Waals surface area contributed by atoms with Crippen LogP contribution in [0.2, 0.25) is 0 Å². The molecular weight excluding hydrogens is 181 g/mol. The Bertz CT molecular complexity index is 342. The number of phenolic OH excluding ortho intramolecular Hbond substituents is 1. The average Bonchev–Trinajstić information content (AvgIpc) is 1.96. The van der Waals surface area contributed by atoms with Gasteiger partial charge in [-0.3, -0.25) is 0 Å². The Labute approximate surface area is 83.6 Å². The molecule has 1 aromatic carbocycles. The first-order valence-corrected chi connectivity index (χ1v) is 4.56. The van der Waals surface area contributed by atoms with Crippen LogP contribution in [-0.2, 0) is 6.42 Å². The molecule has 1 aromatic rings. The number of nitrogens with two attached hydrogens (primary N) is 1. The first kappa shape index (κ1) is 11.0. The predicted octanol–water partition coefficient (Wildman–Crippen LogP) is 2.12. The number of aromatic hydroxyl groups is 1. The van der Waals surface area contributed by atoms with Gasteiger partial charge >= 0.3 is 0 Å². The van der Waals surface area contributed by atoms with Crippen LogP contribution in [0.25, 0.3) is 0 Å². The second-order valence-corrected chi connectivity index (χ2v) is 4.42. The number of halogens is 1. The summed E-state index contributed by atoms with van der Waals surface area (Å²) in [6.45, 7) is 5.46. The van der Waals surface area contributed by atoms with Crippen LogP contribution in [0, 0.1) is 12.7 Å². The third kappa shape index (κ3) is 2.70. The van der Waals surface area contributed by atoms with Crippen LogP contribution in [0.15, 0.2) is 12.1 Å². The second-order valence-electron chi connectivity index (χ2n) is 4.42. The Kier molecular flexibility index (Phi) is 2.81. The fourth-order valence-electron chi connectivity index (χ4n) is 1.44. The lowest BCUT2D eigenvalue weighted by Gasteiger charge is -2.19. The van der Waals surface area contributed by atoms with Crippen LogP contribution < -0.4 is 5.73 Å². The Balaban J connectivity index is 3.09. The van der Waals surface area contributed by atoms with E-state index in [1.54, 1.807) is 6.07 Å². The minimum Gasteiger partial charge on any atom is -0.505 e. The molecule has 78 valence electrons. The summed E-state index contributed by atoms with van der Waals surface area (Å²) in [7, 11) is 0. The highest BCUT2D eigenvalue weighted by Gasteiger charge is 2.16. The first-order chi connectivity index (χ1) is 6.29. The number of hydrogen-bond acceptors (Lipinski definition) is 2. The second kappa shape index (κ2) is 3.58. The number of hydrogen-bond donors (Lipinski definition) is 2. The van der Waals surface area contributed by atoms with Gasteiger partial charge in [0.2, 0.25) is 0 Å². The zero-order valence-corrected chi connectivity index (χ0v) is 8.76. The van der Waals surface area contributed by atoms with Gasteiger partial charge in [0.15, 0.2) is 11.6 Å². The van der Waals surface area contributed by atoms with Gasteiger partial charge in [0, 0.05) is 5.54 Å². The van der Waals surface area contributed by atoms with Gasteiger partial charge in [-0.05, 0) is 44.4 Å². The van der Waals surface area contributed by atoms with Crippen molar-refractivity contribution in [3.63, 3.8) is 0 Å². The fraction of sp³-hybridized carbons (Fsp3) is 0.455. The molecule has 0 amide bonds. The highest BCUT2D eigenvalue weighted by atomic mass is 19.1. The lowest BCUT2D eigenvalue weighted by atomic mass is 9.94. The van der Waals surface area contributed by atoms with Crippen molar-refractivity contribution < 1.29 is 9.50 Å². The maximum Gasteiger partial charge on any atom is 0.168 e. The molecule has 0 bridgehead atoms. The fourth-order valence-corrected chi connectivity index (χ4v) is 1.44. The van der Waals surface area contributed by atoms with Gasteiger partial charge in [-0.2, -0.15) is 0 Å². The Hall–Kier alpha value is -1.09. The van der Waals surface area contributed by atoms with E-state index >= 15 is 0 Å². The molecule has 2 nitrogen and oxygen atoms in total. The van der Waals surface area contributed by atoms with Crippen molar-refractivity contribution >= 4 is 0 Å². The summed E-state index contributed by atoms with van der Waals surface area (Å²) in [6.07, 6.45) is 0.411. The Morgan fingerprint density at radius 1 is 1.43 bits per heavy atom. The molecule has 0 unspecified atom stereocenters. The summed E-state index contributed by atoms with van der Waals surface area (Å²) in [5, 5.41) is 9.26. The maximum absolute atomic E-state index is 13.4. The molecule has 0 heterocycles. The van der Waals surface area contributed by atoms with Gasteiger partial charge in [-0.1, -0.05) is 6.07 Å². The van der Waals surface area contributed by atoms with Crippen LogP contribution in [-0.4, -0.2) is 10.6 Å². The van der Waals surface area contributed by atoms with Crippen molar-refractivity contribution in [2.75, 3.05) is 0 Å². The van der Waals surface area contributed by atoms with E-state index in [4.69, 9.17) is 5.73 Å². The average molecular weight is 197 g/mol. The van der Waals surface area contributed by atoms with Gasteiger partial charge in [0.05, 0.1) is 0 Å². The van der Waals surface area contributed by atoms with E-state index in [2.05, 4.69) is 0 Å². The van der Waals surface area contributed by atoms with E-state index in [-0.39, 0.29) is 5.75 Å². The van der Waals surface area contributed by atoms with Crippen LogP contribution in [0.4, 0.5) is 4.39 Å². The Morgan fingerprint density at radius 3 is 2.50 bits per heavy atom. The van der Waals surface area contributed by atoms with Crippen LogP contribution in [0.5, 0.6) is 5.75 Å². The number of rotatable bonds is 2. The molecule has 0 atom stereocenters. The standard InChI is InChI=1S/C11H16FNO/c1-7-4-8(6-11(2,3)13)10(12)9(14)5-7/h4-5,14H,6,13H2,1-3H3. The van der Waals surface area contributed by atoms with E-state index in [0.717, 1.165) is 5.56 Å². The molecule has 0 fully saturated rings. The molecule has 1 rings (SSSR count). The molecule has 0 aliphatic heterocycles. The maximum atomic E-state index is 13.4. The number of benzene rings is 1. The van der Waals surface area contributed by atoms with E-state index in [1.165, 1.54) is 6.07 Å². The van der Waals surface area contributed by atoms with E-state index < -0.39 is 11.4 Å². The van der Waals surface area contributed by atoms with Gasteiger partial charge in [-0.15, -0.1) is 0 Å². The van der Waals surface area contributed by atoms with E-state index in [0.29, 0.717) is 12.0 Å². The highest BCUT2D eigenvalue weighted by Crippen LogP contribution is 2.23. The minimum atomic E-state index is -0.561. The molecule has 3 heteroatoms.